The van der Waals surface area contributed by atoms with Gasteiger partial charge in [-0.2, -0.15) is 0 Å². The van der Waals surface area contributed by atoms with E-state index in [2.05, 4.69) is 6.58 Å². The van der Waals surface area contributed by atoms with Gasteiger partial charge in [0.15, 0.2) is 11.5 Å². The molecule has 0 fully saturated rings. The fourth-order valence-electron chi connectivity index (χ4n) is 2.01. The second kappa shape index (κ2) is 5.65. The molecule has 1 aromatic rings. The summed E-state index contributed by atoms with van der Waals surface area (Å²) < 4.78 is 10.5. The van der Waals surface area contributed by atoms with Crippen molar-refractivity contribution in [1.82, 2.24) is 4.90 Å². The zero-order valence-electron chi connectivity index (χ0n) is 11.0. The summed E-state index contributed by atoms with van der Waals surface area (Å²) in [6, 6.07) is 3.28. The number of nitrogens with zero attached hydrogens (tertiary/aromatic N) is 1. The molecule has 5 heteroatoms. The number of nitrogens with two attached hydrogens (primary N) is 1. The Morgan fingerprint density at radius 2 is 2.16 bits per heavy atom. The van der Waals surface area contributed by atoms with Gasteiger partial charge in [0.2, 0.25) is 6.79 Å². The number of rotatable bonds is 5. The molecule has 0 saturated heterocycles. The Morgan fingerprint density at radius 3 is 2.79 bits per heavy atom. The third-order valence-corrected chi connectivity index (χ3v) is 2.91. The van der Waals surface area contributed by atoms with E-state index in [1.165, 1.54) is 0 Å². The van der Waals surface area contributed by atoms with Crippen LogP contribution in [-0.2, 0) is 0 Å². The van der Waals surface area contributed by atoms with Gasteiger partial charge < -0.3 is 20.1 Å². The van der Waals surface area contributed by atoms with E-state index in [0.717, 1.165) is 6.42 Å². The van der Waals surface area contributed by atoms with E-state index in [0.29, 0.717) is 35.8 Å². The van der Waals surface area contributed by atoms with Crippen LogP contribution in [0.2, 0.25) is 0 Å². The fraction of sp³-hybridized carbons (Fsp3) is 0.357. The first-order valence-corrected chi connectivity index (χ1v) is 6.26. The predicted octanol–water partition coefficient (Wildman–Crippen LogP) is 2.04. The molecular weight excluding hydrogens is 244 g/mol. The first-order valence-electron chi connectivity index (χ1n) is 6.26. The van der Waals surface area contributed by atoms with Gasteiger partial charge in [-0.1, -0.05) is 13.0 Å². The molecule has 5 nitrogen and oxygen atoms in total. The Kier molecular flexibility index (Phi) is 3.94. The molecule has 0 saturated carbocycles. The minimum atomic E-state index is -0.113. The van der Waals surface area contributed by atoms with Crippen LogP contribution in [-0.4, -0.2) is 30.7 Å². The standard InChI is InChI=1S/C14H18N2O3/c1-3-5-16(6-4-2)14(17)10-7-12-13(8-11(10)15)19-9-18-12/h3,7-8H,1,4-6,9,15H2,2H3. The molecule has 1 aliphatic heterocycles. The SMILES string of the molecule is C=CCN(CCC)C(=O)c1cc2c(cc1N)OCO2. The van der Waals surface area contributed by atoms with Crippen LogP contribution in [0.3, 0.4) is 0 Å². The van der Waals surface area contributed by atoms with E-state index in [-0.39, 0.29) is 12.7 Å². The summed E-state index contributed by atoms with van der Waals surface area (Å²) in [7, 11) is 0. The molecule has 1 heterocycles. The number of ether oxygens (including phenoxy) is 2. The molecule has 0 atom stereocenters. The molecule has 2 N–H and O–H groups in total. The van der Waals surface area contributed by atoms with Gasteiger partial charge in [-0.3, -0.25) is 4.79 Å². The van der Waals surface area contributed by atoms with Crippen molar-refractivity contribution < 1.29 is 14.3 Å². The lowest BCUT2D eigenvalue weighted by atomic mass is 10.1. The van der Waals surface area contributed by atoms with Gasteiger partial charge in [0, 0.05) is 24.8 Å². The molecule has 1 aliphatic rings. The van der Waals surface area contributed by atoms with Crippen LogP contribution in [0.5, 0.6) is 11.5 Å². The van der Waals surface area contributed by atoms with Crippen LogP contribution >= 0.6 is 0 Å². The molecule has 102 valence electrons. The van der Waals surface area contributed by atoms with Crippen molar-refractivity contribution >= 4 is 11.6 Å². The fourth-order valence-corrected chi connectivity index (χ4v) is 2.01. The van der Waals surface area contributed by atoms with Gasteiger partial charge in [0.1, 0.15) is 0 Å². The first kappa shape index (κ1) is 13.3. The molecule has 0 spiro atoms. The van der Waals surface area contributed by atoms with Gasteiger partial charge in [-0.05, 0) is 12.5 Å². The number of carbonyl (C=O) groups is 1. The number of hydrogen-bond donors (Lipinski definition) is 1. The second-order valence-corrected chi connectivity index (χ2v) is 4.33. The molecule has 0 radical (unpaired) electrons. The minimum Gasteiger partial charge on any atom is -0.454 e. The third-order valence-electron chi connectivity index (χ3n) is 2.91. The van der Waals surface area contributed by atoms with Crippen molar-refractivity contribution in [3.63, 3.8) is 0 Å². The van der Waals surface area contributed by atoms with Gasteiger partial charge in [-0.25, -0.2) is 0 Å². The van der Waals surface area contributed by atoms with Crippen molar-refractivity contribution in [3.05, 3.63) is 30.4 Å². The van der Waals surface area contributed by atoms with Gasteiger partial charge >= 0.3 is 0 Å². The van der Waals surface area contributed by atoms with Crippen LogP contribution < -0.4 is 15.2 Å². The number of amides is 1. The quantitative estimate of drug-likeness (QED) is 0.651. The van der Waals surface area contributed by atoms with E-state index in [1.54, 1.807) is 23.1 Å². The Hall–Kier alpha value is -2.17. The predicted molar refractivity (Wildman–Crippen MR) is 73.4 cm³/mol. The largest absolute Gasteiger partial charge is 0.454 e. The van der Waals surface area contributed by atoms with Crippen molar-refractivity contribution in [2.45, 2.75) is 13.3 Å². The highest BCUT2D eigenvalue weighted by atomic mass is 16.7. The Labute approximate surface area is 112 Å². The molecule has 2 rings (SSSR count). The molecular formula is C14H18N2O3. The summed E-state index contributed by atoms with van der Waals surface area (Å²) in [6.45, 7) is 7.02. The lowest BCUT2D eigenvalue weighted by molar-refractivity contribution is 0.0774. The maximum atomic E-state index is 12.4. The van der Waals surface area contributed by atoms with E-state index in [1.807, 2.05) is 6.92 Å². The summed E-state index contributed by atoms with van der Waals surface area (Å²) in [4.78, 5) is 14.2. The van der Waals surface area contributed by atoms with Crippen LogP contribution in [0.25, 0.3) is 0 Å². The summed E-state index contributed by atoms with van der Waals surface area (Å²) in [5.41, 5.74) is 6.76. The van der Waals surface area contributed by atoms with Crippen molar-refractivity contribution in [1.29, 1.82) is 0 Å². The van der Waals surface area contributed by atoms with Crippen molar-refractivity contribution in [3.8, 4) is 11.5 Å². The molecule has 0 bridgehead atoms. The van der Waals surface area contributed by atoms with E-state index < -0.39 is 0 Å². The van der Waals surface area contributed by atoms with E-state index in [4.69, 9.17) is 15.2 Å². The van der Waals surface area contributed by atoms with Crippen LogP contribution in [0, 0.1) is 0 Å². The topological polar surface area (TPSA) is 64.8 Å². The normalized spacial score (nSPS) is 12.3. The average Bonchev–Trinajstić information content (AvgIpc) is 2.83. The van der Waals surface area contributed by atoms with E-state index in [9.17, 15) is 4.79 Å². The van der Waals surface area contributed by atoms with Gasteiger partial charge in [0.05, 0.1) is 5.56 Å². The molecule has 0 aliphatic carbocycles. The third kappa shape index (κ3) is 2.65. The Morgan fingerprint density at radius 1 is 1.47 bits per heavy atom. The van der Waals surface area contributed by atoms with E-state index >= 15 is 0 Å². The first-order chi connectivity index (χ1) is 9.17. The summed E-state index contributed by atoms with van der Waals surface area (Å²) in [5.74, 6) is 1.03. The molecule has 1 aromatic carbocycles. The second-order valence-electron chi connectivity index (χ2n) is 4.33. The monoisotopic (exact) mass is 262 g/mol. The van der Waals surface area contributed by atoms with Crippen LogP contribution in [0.15, 0.2) is 24.8 Å². The number of fused-ring (bicyclic) bond motifs is 1. The van der Waals surface area contributed by atoms with Crippen LogP contribution in [0.4, 0.5) is 5.69 Å². The Balaban J connectivity index is 2.29. The zero-order valence-corrected chi connectivity index (χ0v) is 11.0. The molecule has 19 heavy (non-hydrogen) atoms. The maximum absolute atomic E-state index is 12.4. The molecule has 0 unspecified atom stereocenters. The van der Waals surface area contributed by atoms with Crippen LogP contribution in [0.1, 0.15) is 23.7 Å². The number of hydrogen-bond acceptors (Lipinski definition) is 4. The van der Waals surface area contributed by atoms with Crippen molar-refractivity contribution in [2.24, 2.45) is 0 Å². The maximum Gasteiger partial charge on any atom is 0.256 e. The Bertz CT molecular complexity index is 500. The van der Waals surface area contributed by atoms with Crippen molar-refractivity contribution in [2.75, 3.05) is 25.6 Å². The van der Waals surface area contributed by atoms with Gasteiger partial charge in [-0.15, -0.1) is 6.58 Å². The lowest BCUT2D eigenvalue weighted by Gasteiger charge is -2.21. The summed E-state index contributed by atoms with van der Waals surface area (Å²) in [5, 5.41) is 0. The summed E-state index contributed by atoms with van der Waals surface area (Å²) in [6.07, 6.45) is 2.58. The lowest BCUT2D eigenvalue weighted by Crippen LogP contribution is -2.32. The van der Waals surface area contributed by atoms with Gasteiger partial charge in [0.25, 0.3) is 5.91 Å². The zero-order chi connectivity index (χ0) is 13.8. The number of carbonyl (C=O) groups excluding carboxylic acids is 1. The highest BCUT2D eigenvalue weighted by Gasteiger charge is 2.22. The summed E-state index contributed by atoms with van der Waals surface area (Å²) >= 11 is 0. The number of nitrogen functional groups attached to an aromatic ring is 1. The minimum absolute atomic E-state index is 0.113. The smallest absolute Gasteiger partial charge is 0.256 e. The highest BCUT2D eigenvalue weighted by Crippen LogP contribution is 2.36. The highest BCUT2D eigenvalue weighted by molar-refractivity contribution is 6.00. The average molecular weight is 262 g/mol. The molecule has 0 aromatic heterocycles. The number of benzene rings is 1. The molecule has 1 amide bonds. The number of anilines is 1.